The molecule has 6 nitrogen and oxygen atoms in total. The number of amides is 1. The fraction of sp³-hybridized carbons (Fsp3) is 0.267. The number of likely N-dealkylation sites (N-methyl/N-ethyl adjacent to an activating group) is 1. The van der Waals surface area contributed by atoms with Crippen molar-refractivity contribution in [2.75, 3.05) is 7.05 Å². The molecule has 1 atom stereocenters. The summed E-state index contributed by atoms with van der Waals surface area (Å²) in [5.41, 5.74) is 1.15. The van der Waals surface area contributed by atoms with Crippen LogP contribution in [0.2, 0.25) is 0 Å². The Morgan fingerprint density at radius 3 is 2.71 bits per heavy atom. The Bertz CT molecular complexity index is 907. The summed E-state index contributed by atoms with van der Waals surface area (Å²) in [4.78, 5) is 24.5. The molecule has 0 aliphatic carbocycles. The van der Waals surface area contributed by atoms with Gasteiger partial charge in [-0.05, 0) is 13.0 Å². The van der Waals surface area contributed by atoms with E-state index in [1.165, 1.54) is 4.68 Å². The van der Waals surface area contributed by atoms with Crippen LogP contribution >= 0.6 is 0 Å². The summed E-state index contributed by atoms with van der Waals surface area (Å²) >= 11 is 0. The Kier molecular flexibility index (Phi) is 3.01. The zero-order valence-electron chi connectivity index (χ0n) is 12.1. The number of rotatable bonds is 2. The average molecular weight is 284 g/mol. The molecule has 0 aliphatic rings. The number of fused-ring (bicyclic) bond motifs is 3. The van der Waals surface area contributed by atoms with E-state index in [9.17, 15) is 9.59 Å². The number of para-hydroxylation sites is 1. The van der Waals surface area contributed by atoms with Crippen LogP contribution in [0.5, 0.6) is 0 Å². The molecule has 0 bridgehead atoms. The summed E-state index contributed by atoms with van der Waals surface area (Å²) in [6.45, 7) is 1.78. The van der Waals surface area contributed by atoms with Gasteiger partial charge < -0.3 is 9.88 Å². The van der Waals surface area contributed by atoms with Crippen LogP contribution in [-0.4, -0.2) is 27.3 Å². The molecular weight excluding hydrogens is 268 g/mol. The van der Waals surface area contributed by atoms with E-state index in [4.69, 9.17) is 0 Å². The first-order valence-corrected chi connectivity index (χ1v) is 6.72. The van der Waals surface area contributed by atoms with E-state index in [0.29, 0.717) is 5.52 Å². The Morgan fingerprint density at radius 2 is 2.00 bits per heavy atom. The molecule has 0 radical (unpaired) electrons. The smallest absolute Gasteiger partial charge is 0.291 e. The first-order valence-electron chi connectivity index (χ1n) is 6.72. The number of nitrogens with zero attached hydrogens (tertiary/aromatic N) is 3. The second-order valence-electron chi connectivity index (χ2n) is 5.01. The average Bonchev–Trinajstić information content (AvgIpc) is 2.84. The highest BCUT2D eigenvalue weighted by atomic mass is 16.2. The van der Waals surface area contributed by atoms with Gasteiger partial charge in [-0.2, -0.15) is 5.10 Å². The van der Waals surface area contributed by atoms with Crippen molar-refractivity contribution < 1.29 is 4.79 Å². The summed E-state index contributed by atoms with van der Waals surface area (Å²) in [6.07, 6.45) is 1.67. The van der Waals surface area contributed by atoms with E-state index in [-0.39, 0.29) is 11.5 Å². The van der Waals surface area contributed by atoms with E-state index >= 15 is 0 Å². The minimum absolute atomic E-state index is 0.142. The maximum Gasteiger partial charge on any atom is 0.291 e. The molecule has 2 aromatic heterocycles. The quantitative estimate of drug-likeness (QED) is 0.768. The highest BCUT2D eigenvalue weighted by Crippen LogP contribution is 2.29. The van der Waals surface area contributed by atoms with Gasteiger partial charge in [0.2, 0.25) is 5.91 Å². The fourth-order valence-electron chi connectivity index (χ4n) is 2.72. The van der Waals surface area contributed by atoms with Crippen LogP contribution in [0, 0.1) is 0 Å². The first kappa shape index (κ1) is 13.4. The molecule has 6 heteroatoms. The largest absolute Gasteiger partial charge is 0.357 e. The van der Waals surface area contributed by atoms with Gasteiger partial charge in [-0.3, -0.25) is 9.59 Å². The zero-order valence-corrected chi connectivity index (χ0v) is 12.1. The van der Waals surface area contributed by atoms with E-state index in [0.717, 1.165) is 16.3 Å². The van der Waals surface area contributed by atoms with Crippen molar-refractivity contribution in [3.8, 4) is 0 Å². The molecule has 0 aliphatic heterocycles. The molecule has 1 amide bonds. The van der Waals surface area contributed by atoms with Crippen LogP contribution in [-0.2, 0) is 11.8 Å². The third-order valence-electron chi connectivity index (χ3n) is 3.82. The molecule has 3 aromatic rings. The summed E-state index contributed by atoms with van der Waals surface area (Å²) in [5.74, 6) is -0.142. The Hall–Kier alpha value is -2.63. The number of carbonyl (C=O) groups excluding carboxylic acids is 1. The minimum atomic E-state index is -0.479. The summed E-state index contributed by atoms with van der Waals surface area (Å²) in [5, 5.41) is 8.41. The van der Waals surface area contributed by atoms with Gasteiger partial charge >= 0.3 is 0 Å². The molecule has 21 heavy (non-hydrogen) atoms. The predicted molar refractivity (Wildman–Crippen MR) is 81.3 cm³/mol. The Morgan fingerprint density at radius 1 is 1.29 bits per heavy atom. The van der Waals surface area contributed by atoms with Crippen LogP contribution in [0.1, 0.15) is 13.0 Å². The highest BCUT2D eigenvalue weighted by Gasteiger charge is 2.22. The third kappa shape index (κ3) is 1.83. The minimum Gasteiger partial charge on any atom is -0.357 e. The molecule has 0 saturated carbocycles. The normalized spacial score (nSPS) is 12.7. The molecule has 2 heterocycles. The van der Waals surface area contributed by atoms with Gasteiger partial charge in [0, 0.05) is 24.9 Å². The molecule has 1 unspecified atom stereocenters. The number of hydrogen-bond donors (Lipinski definition) is 1. The van der Waals surface area contributed by atoms with Crippen molar-refractivity contribution in [3.05, 3.63) is 40.8 Å². The number of carbonyl (C=O) groups is 1. The second kappa shape index (κ2) is 4.73. The van der Waals surface area contributed by atoms with Gasteiger partial charge in [-0.1, -0.05) is 18.2 Å². The van der Waals surface area contributed by atoms with E-state index in [1.54, 1.807) is 31.8 Å². The topological polar surface area (TPSA) is 68.9 Å². The van der Waals surface area contributed by atoms with Crippen molar-refractivity contribution in [2.24, 2.45) is 7.05 Å². The molecule has 0 fully saturated rings. The fourth-order valence-corrected chi connectivity index (χ4v) is 2.72. The summed E-state index contributed by atoms with van der Waals surface area (Å²) in [6, 6.07) is 7.17. The van der Waals surface area contributed by atoms with E-state index in [2.05, 4.69) is 10.4 Å². The van der Waals surface area contributed by atoms with Gasteiger partial charge in [0.15, 0.2) is 0 Å². The van der Waals surface area contributed by atoms with Gasteiger partial charge in [-0.25, -0.2) is 4.68 Å². The third-order valence-corrected chi connectivity index (χ3v) is 3.82. The van der Waals surface area contributed by atoms with Crippen molar-refractivity contribution >= 4 is 27.7 Å². The highest BCUT2D eigenvalue weighted by molar-refractivity contribution is 6.08. The van der Waals surface area contributed by atoms with Crippen molar-refractivity contribution in [3.63, 3.8) is 0 Å². The number of hydrogen-bond acceptors (Lipinski definition) is 3. The van der Waals surface area contributed by atoms with E-state index < -0.39 is 6.04 Å². The van der Waals surface area contributed by atoms with Gasteiger partial charge in [-0.15, -0.1) is 0 Å². The second-order valence-corrected chi connectivity index (χ2v) is 5.01. The number of aromatic nitrogens is 3. The van der Waals surface area contributed by atoms with Crippen LogP contribution < -0.4 is 10.9 Å². The number of aryl methyl sites for hydroxylation is 1. The molecule has 108 valence electrons. The Balaban J connectivity index is 2.52. The molecular formula is C15H16N4O2. The maximum absolute atomic E-state index is 12.5. The van der Waals surface area contributed by atoms with Gasteiger partial charge in [0.25, 0.3) is 5.56 Å². The molecule has 3 rings (SSSR count). The summed E-state index contributed by atoms with van der Waals surface area (Å²) in [7, 11) is 3.20. The first-order chi connectivity index (χ1) is 10.1. The molecule has 0 spiro atoms. The summed E-state index contributed by atoms with van der Waals surface area (Å²) < 4.78 is 3.07. The van der Waals surface area contributed by atoms with Gasteiger partial charge in [0.1, 0.15) is 11.6 Å². The van der Waals surface area contributed by atoms with Crippen LogP contribution in [0.25, 0.3) is 21.8 Å². The van der Waals surface area contributed by atoms with Crippen LogP contribution in [0.3, 0.4) is 0 Å². The lowest BCUT2D eigenvalue weighted by molar-refractivity contribution is -0.123. The van der Waals surface area contributed by atoms with Crippen molar-refractivity contribution in [2.45, 2.75) is 13.0 Å². The van der Waals surface area contributed by atoms with E-state index in [1.807, 2.05) is 24.3 Å². The van der Waals surface area contributed by atoms with Gasteiger partial charge in [0.05, 0.1) is 11.7 Å². The Labute approximate surface area is 121 Å². The standard InChI is InChI=1S/C15H16N4O2/c1-9(14(20)16-2)19-12-7-5-4-6-10(12)11-8-17-18(3)15(21)13(11)19/h4-9H,1-3H3,(H,16,20). The van der Waals surface area contributed by atoms with Crippen LogP contribution in [0.15, 0.2) is 35.3 Å². The lowest BCUT2D eigenvalue weighted by Gasteiger charge is -2.14. The maximum atomic E-state index is 12.5. The van der Waals surface area contributed by atoms with Crippen LogP contribution in [0.4, 0.5) is 0 Å². The zero-order chi connectivity index (χ0) is 15.1. The molecule has 0 saturated heterocycles. The lowest BCUT2D eigenvalue weighted by atomic mass is 10.2. The van der Waals surface area contributed by atoms with Crippen molar-refractivity contribution in [1.82, 2.24) is 19.7 Å². The molecule has 1 N–H and O–H groups in total. The molecule has 1 aromatic carbocycles. The van der Waals surface area contributed by atoms with Crippen molar-refractivity contribution in [1.29, 1.82) is 0 Å². The lowest BCUT2D eigenvalue weighted by Crippen LogP contribution is -2.30. The number of benzene rings is 1. The SMILES string of the molecule is CNC(=O)C(C)n1c2ccccc2c2cnn(C)c(=O)c21. The predicted octanol–water partition coefficient (Wildman–Crippen LogP) is 1.20. The monoisotopic (exact) mass is 284 g/mol. The number of nitrogens with one attached hydrogen (secondary N) is 1.